The zero-order valence-corrected chi connectivity index (χ0v) is 22.3. The van der Waals surface area contributed by atoms with Gasteiger partial charge in [-0.1, -0.05) is 41.5 Å². The van der Waals surface area contributed by atoms with E-state index < -0.39 is 58.6 Å². The Morgan fingerprint density at radius 2 is 1.62 bits per heavy atom. The lowest BCUT2D eigenvalue weighted by Crippen LogP contribution is -2.51. The van der Waals surface area contributed by atoms with Crippen molar-refractivity contribution < 1.29 is 44.9 Å². The monoisotopic (exact) mass is 527 g/mol. The molecule has 0 radical (unpaired) electrons. The second-order valence-corrected chi connectivity index (χ2v) is 16.8. The number of rotatable bonds is 8. The number of alkyl halides is 3. The van der Waals surface area contributed by atoms with E-state index in [1.807, 2.05) is 20.8 Å². The van der Waals surface area contributed by atoms with Crippen LogP contribution in [-0.2, 0) is 14.5 Å². The number of carboxylic acid groups (broad SMARTS) is 1. The molecule has 0 aromatic heterocycles. The maximum atomic E-state index is 12.9. The summed E-state index contributed by atoms with van der Waals surface area (Å²) < 4.78 is 70.5. The number of carbonyl (C=O) groups is 2. The molecule has 0 heterocycles. The van der Waals surface area contributed by atoms with Gasteiger partial charge in [0.05, 0.1) is 12.6 Å². The van der Waals surface area contributed by atoms with E-state index >= 15 is 0 Å². The van der Waals surface area contributed by atoms with Crippen LogP contribution >= 0.6 is 0 Å². The third-order valence-electron chi connectivity index (χ3n) is 5.72. The first kappa shape index (κ1) is 29.9. The highest BCUT2D eigenvalue weighted by Gasteiger charge is 2.49. The van der Waals surface area contributed by atoms with Crippen LogP contribution in [0.15, 0.2) is 18.2 Å². The second-order valence-electron chi connectivity index (χ2n) is 10.5. The smallest absolute Gasteiger partial charge is 0.478 e. The second kappa shape index (κ2) is 9.86. The van der Waals surface area contributed by atoms with Crippen molar-refractivity contribution in [2.75, 3.05) is 6.61 Å². The van der Waals surface area contributed by atoms with Crippen molar-refractivity contribution in [1.29, 1.82) is 0 Å². The van der Waals surface area contributed by atoms with E-state index in [4.69, 9.17) is 4.43 Å². The van der Waals surface area contributed by atoms with Crippen molar-refractivity contribution in [1.82, 2.24) is 5.32 Å². The van der Waals surface area contributed by atoms with Crippen molar-refractivity contribution in [2.24, 2.45) is 5.41 Å². The summed E-state index contributed by atoms with van der Waals surface area (Å²) in [5.74, 6) is -3.53. The normalized spacial score (nSPS) is 14.4. The Morgan fingerprint density at radius 3 is 2.03 bits per heavy atom. The Morgan fingerprint density at radius 1 is 1.09 bits per heavy atom. The van der Waals surface area contributed by atoms with E-state index in [0.29, 0.717) is 6.07 Å². The summed E-state index contributed by atoms with van der Waals surface area (Å²) >= 11 is 0. The van der Waals surface area contributed by atoms with Gasteiger partial charge in [0.1, 0.15) is 5.56 Å². The molecule has 0 aliphatic heterocycles. The third kappa shape index (κ3) is 7.44. The summed E-state index contributed by atoms with van der Waals surface area (Å²) in [5.41, 5.74) is -7.30. The predicted octanol–water partition coefficient (Wildman–Crippen LogP) is 4.78. The highest BCUT2D eigenvalue weighted by Crippen LogP contribution is 2.37. The Labute approximate surface area is 199 Å². The average molecular weight is 528 g/mol. The van der Waals surface area contributed by atoms with Crippen LogP contribution < -0.4 is 9.50 Å². The zero-order valence-electron chi connectivity index (χ0n) is 20.5. The zero-order chi connectivity index (χ0) is 26.9. The summed E-state index contributed by atoms with van der Waals surface area (Å²) in [5, 5.41) is 12.0. The molecular formula is C21H32F3NO7SSi. The fourth-order valence-electron chi connectivity index (χ4n) is 2.33. The Kier molecular flexibility index (Phi) is 8.67. The number of hydrogen-bond donors (Lipinski definition) is 2. The predicted molar refractivity (Wildman–Crippen MR) is 123 cm³/mol. The molecule has 34 heavy (non-hydrogen) atoms. The molecule has 0 spiro atoms. The fourth-order valence-corrected chi connectivity index (χ4v) is 3.83. The van der Waals surface area contributed by atoms with Crippen molar-refractivity contribution in [3.05, 3.63) is 29.3 Å². The van der Waals surface area contributed by atoms with Gasteiger partial charge in [0, 0.05) is 5.56 Å². The number of amides is 1. The summed E-state index contributed by atoms with van der Waals surface area (Å²) in [4.78, 5) is 24.4. The first-order chi connectivity index (χ1) is 15.0. The van der Waals surface area contributed by atoms with Crippen LogP contribution in [-0.4, -0.2) is 51.9 Å². The molecule has 1 amide bonds. The van der Waals surface area contributed by atoms with E-state index in [9.17, 15) is 36.3 Å². The molecule has 0 aliphatic rings. The van der Waals surface area contributed by atoms with Gasteiger partial charge in [-0.2, -0.15) is 21.6 Å². The number of carbonyl (C=O) groups excluding carboxylic acids is 1. The molecule has 0 saturated heterocycles. The van der Waals surface area contributed by atoms with E-state index in [2.05, 4.69) is 43.4 Å². The van der Waals surface area contributed by atoms with Crippen LogP contribution in [0.3, 0.4) is 0 Å². The van der Waals surface area contributed by atoms with Gasteiger partial charge >= 0.3 is 21.6 Å². The topological polar surface area (TPSA) is 119 Å². The van der Waals surface area contributed by atoms with Gasteiger partial charge in [0.15, 0.2) is 14.1 Å². The first-order valence-electron chi connectivity index (χ1n) is 10.3. The van der Waals surface area contributed by atoms with E-state index in [1.165, 1.54) is 0 Å². The molecule has 0 saturated carbocycles. The summed E-state index contributed by atoms with van der Waals surface area (Å²) in [6.07, 6.45) is 0. The van der Waals surface area contributed by atoms with Crippen LogP contribution in [0.25, 0.3) is 0 Å². The molecular weight excluding hydrogens is 495 g/mol. The number of benzene rings is 1. The van der Waals surface area contributed by atoms with Gasteiger partial charge in [-0.05, 0) is 41.7 Å². The highest BCUT2D eigenvalue weighted by molar-refractivity contribution is 7.88. The van der Waals surface area contributed by atoms with Crippen molar-refractivity contribution >= 4 is 30.3 Å². The Hall–Kier alpha value is -2.12. The molecule has 1 atom stereocenters. The molecule has 1 aromatic carbocycles. The van der Waals surface area contributed by atoms with E-state index in [1.54, 1.807) is 0 Å². The number of halogens is 3. The lowest BCUT2D eigenvalue weighted by Gasteiger charge is -2.39. The minimum atomic E-state index is -6.09. The maximum Gasteiger partial charge on any atom is 0.534 e. The van der Waals surface area contributed by atoms with Crippen LogP contribution in [0.5, 0.6) is 5.75 Å². The lowest BCUT2D eigenvalue weighted by molar-refractivity contribution is -0.0500. The number of carboxylic acids is 1. The van der Waals surface area contributed by atoms with Gasteiger partial charge in [0.25, 0.3) is 5.91 Å². The molecule has 13 heteroatoms. The summed E-state index contributed by atoms with van der Waals surface area (Å²) in [6, 6.07) is 1.95. The van der Waals surface area contributed by atoms with Gasteiger partial charge in [-0.15, -0.1) is 0 Å². The third-order valence-corrected chi connectivity index (χ3v) is 11.2. The largest absolute Gasteiger partial charge is 0.534 e. The number of hydrogen-bond acceptors (Lipinski definition) is 6. The average Bonchev–Trinajstić information content (AvgIpc) is 2.61. The quantitative estimate of drug-likeness (QED) is 0.284. The van der Waals surface area contributed by atoms with Crippen molar-refractivity contribution in [3.8, 4) is 5.75 Å². The lowest BCUT2D eigenvalue weighted by atomic mass is 9.87. The van der Waals surface area contributed by atoms with E-state index in [0.717, 1.165) is 12.1 Å². The number of nitrogens with one attached hydrogen (secondary N) is 1. The minimum Gasteiger partial charge on any atom is -0.478 e. The first-order valence-corrected chi connectivity index (χ1v) is 14.6. The van der Waals surface area contributed by atoms with Crippen LogP contribution in [0.4, 0.5) is 13.2 Å². The molecule has 0 fully saturated rings. The minimum absolute atomic E-state index is 0.0670. The van der Waals surface area contributed by atoms with E-state index in [-0.39, 0.29) is 17.2 Å². The van der Waals surface area contributed by atoms with Crippen LogP contribution in [0.1, 0.15) is 62.3 Å². The van der Waals surface area contributed by atoms with Gasteiger partial charge in [-0.25, -0.2) is 4.79 Å². The molecule has 1 aromatic rings. The maximum absolute atomic E-state index is 12.9. The number of aromatic carboxylic acids is 1. The van der Waals surface area contributed by atoms with Crippen molar-refractivity contribution in [2.45, 2.75) is 71.2 Å². The Balaban J connectivity index is 3.22. The summed E-state index contributed by atoms with van der Waals surface area (Å²) in [7, 11) is -8.23. The summed E-state index contributed by atoms with van der Waals surface area (Å²) in [6.45, 7) is 16.2. The Bertz CT molecular complexity index is 1030. The van der Waals surface area contributed by atoms with Gasteiger partial charge in [0.2, 0.25) is 0 Å². The highest BCUT2D eigenvalue weighted by atomic mass is 32.2. The molecule has 1 rings (SSSR count). The van der Waals surface area contributed by atoms with Crippen LogP contribution in [0, 0.1) is 5.41 Å². The molecule has 2 N–H and O–H groups in total. The molecule has 8 nitrogen and oxygen atoms in total. The fraction of sp³-hybridized carbons (Fsp3) is 0.619. The van der Waals surface area contributed by atoms with Gasteiger partial charge < -0.3 is 19.0 Å². The van der Waals surface area contributed by atoms with Crippen molar-refractivity contribution in [3.63, 3.8) is 0 Å². The molecule has 194 valence electrons. The molecule has 0 bridgehead atoms. The van der Waals surface area contributed by atoms with Crippen LogP contribution in [0.2, 0.25) is 18.1 Å². The SMILES string of the molecule is CC(C)(C)C(CO[Si](C)(C)C(C)(C)C)NC(=O)c1ccc(OS(=O)(=O)C(F)(F)F)c(C(=O)O)c1. The molecule has 1 unspecified atom stereocenters. The van der Waals surface area contributed by atoms with Gasteiger partial charge in [-0.3, -0.25) is 4.79 Å². The standard InChI is InChI=1S/C21H32F3NO7SSi/c1-19(2,3)16(12-31-34(7,8)20(4,5)6)25-17(26)13-9-10-15(14(11-13)18(27)28)32-33(29,30)21(22,23)24/h9-11,16H,12H2,1-8H3,(H,25,26)(H,27,28). The molecule has 0 aliphatic carbocycles.